The number of hydrogen-bond donors (Lipinski definition) is 4. The molecular weight excluding hydrogens is 1130 g/mol. The highest BCUT2D eigenvalue weighted by Gasteiger charge is 2.48. The number of likely N-dealkylation sites (N-methyl/N-ethyl adjacent to an activating group) is 2. The van der Waals surface area contributed by atoms with Gasteiger partial charge in [0.1, 0.15) is 24.1 Å². The lowest BCUT2D eigenvalue weighted by Gasteiger charge is -2.32. The first kappa shape index (κ1) is 66.8. The molecule has 3 heterocycles. The number of hydrogen-bond acceptors (Lipinski definition) is 19. The Hall–Kier alpha value is -7.71. The topological polar surface area (TPSA) is 249 Å². The van der Waals surface area contributed by atoms with Gasteiger partial charge in [0.2, 0.25) is 11.8 Å². The van der Waals surface area contributed by atoms with Crippen LogP contribution in [0.25, 0.3) is 0 Å². The number of thiazole rings is 1. The predicted octanol–water partition coefficient (Wildman–Crippen LogP) is 6.93. The van der Waals surface area contributed by atoms with E-state index in [1.54, 1.807) is 79.3 Å². The van der Waals surface area contributed by atoms with Crippen molar-refractivity contribution in [3.05, 3.63) is 120 Å². The minimum Gasteiger partial charge on any atom is -0.494 e. The van der Waals surface area contributed by atoms with Crippen molar-refractivity contribution in [2.75, 3.05) is 149 Å². The number of nitrogens with zero attached hydrogens (tertiary/aromatic N) is 8. The highest BCUT2D eigenvalue weighted by atomic mass is 32.1. The number of nitrogens with one attached hydrogen (secondary N) is 3. The van der Waals surface area contributed by atoms with Gasteiger partial charge in [-0.3, -0.25) is 24.7 Å². The lowest BCUT2D eigenvalue weighted by atomic mass is 10.0. The third kappa shape index (κ3) is 21.6. The summed E-state index contributed by atoms with van der Waals surface area (Å²) < 4.78 is 40.2. The fraction of sp³-hybridized carbons (Fsp3) is 0.476. The van der Waals surface area contributed by atoms with E-state index in [4.69, 9.17) is 39.0 Å². The van der Waals surface area contributed by atoms with Gasteiger partial charge in [-0.25, -0.2) is 20.2 Å². The van der Waals surface area contributed by atoms with E-state index in [2.05, 4.69) is 61.1 Å². The highest BCUT2D eigenvalue weighted by molar-refractivity contribution is 7.14. The average molecular weight is 1220 g/mol. The number of benzene rings is 3. The summed E-state index contributed by atoms with van der Waals surface area (Å²) in [5.74, 6) is 7.68. The second-order valence-corrected chi connectivity index (χ2v) is 22.0. The number of hydrazone groups is 1. The Balaban J connectivity index is 0.670. The van der Waals surface area contributed by atoms with E-state index in [1.165, 1.54) is 16.3 Å². The molecule has 1 saturated carbocycles. The monoisotopic (exact) mass is 1220 g/mol. The van der Waals surface area contributed by atoms with E-state index in [1.807, 2.05) is 42.3 Å². The Morgan fingerprint density at radius 2 is 1.52 bits per heavy atom. The molecule has 3 aliphatic rings. The first-order valence-corrected chi connectivity index (χ1v) is 30.5. The number of methoxy groups -OCH3 is 2. The molecule has 470 valence electrons. The Morgan fingerprint density at radius 3 is 2.22 bits per heavy atom. The van der Waals surface area contributed by atoms with Gasteiger partial charge in [0, 0.05) is 87.1 Å². The summed E-state index contributed by atoms with van der Waals surface area (Å²) in [5.41, 5.74) is 8.24. The molecule has 7 rings (SSSR count). The molecule has 23 nitrogen and oxygen atoms in total. The highest BCUT2D eigenvalue weighted by Crippen LogP contribution is 2.47. The number of amides is 5. The minimum atomic E-state index is -0.810. The molecule has 1 saturated heterocycles. The molecule has 24 heteroatoms. The molecular formula is C63H86N12O11S. The van der Waals surface area contributed by atoms with Gasteiger partial charge < -0.3 is 63.9 Å². The molecule has 0 spiro atoms. The summed E-state index contributed by atoms with van der Waals surface area (Å²) in [6, 6.07) is 17.2. The number of aromatic nitrogens is 1. The van der Waals surface area contributed by atoms with E-state index in [0.29, 0.717) is 143 Å². The second kappa shape index (κ2) is 35.8. The number of fused-ring (bicyclic) bond motifs is 1. The number of piperazine rings is 1. The maximum absolute atomic E-state index is 14.3. The largest absolute Gasteiger partial charge is 0.494 e. The van der Waals surface area contributed by atoms with Crippen LogP contribution in [0.4, 0.5) is 21.3 Å². The van der Waals surface area contributed by atoms with Crippen molar-refractivity contribution in [3.63, 3.8) is 0 Å². The van der Waals surface area contributed by atoms with Gasteiger partial charge in [-0.05, 0) is 106 Å². The molecule has 0 bridgehead atoms. The third-order valence-corrected chi connectivity index (χ3v) is 15.5. The summed E-state index contributed by atoms with van der Waals surface area (Å²) in [4.78, 5) is 70.5. The minimum absolute atomic E-state index is 0.0242. The van der Waals surface area contributed by atoms with Gasteiger partial charge in [0.05, 0.1) is 90.5 Å². The standard InChI is InChI=1S/C63H86N12O11S/c1-7-11-46(8-2)43-66-75-55-42-57(81-6)56(80-5)41-54(55)60(61(75)78)74(51-17-18-51)58(76)23-14-47-12-19-52(20-13-47)85-32-10-9-26-71(3)31-35-84-37-36-82-33-24-49(70-64)44-65-25-34-83-38-39-86-53-21-15-48(16-22-53)67-62(79)69-63-68-50(45-87-63)40-59(77)73-29-27-72(4)28-30-73/h7-8,11-13,15-16,19-22,41-42,44-45,51,60,66H,1-2,9-10,14,17-18,23-40,43,64H2,3-6H3,(H2,67,68,69,79)/b46-11+,65-44?,70-49-. The summed E-state index contributed by atoms with van der Waals surface area (Å²) in [6.07, 6.45) is 11.9. The van der Waals surface area contributed by atoms with Gasteiger partial charge in [0.15, 0.2) is 16.6 Å². The molecule has 5 amide bonds. The van der Waals surface area contributed by atoms with E-state index in [0.717, 1.165) is 68.7 Å². The number of aliphatic imine (C=N–C) groups is 1. The molecule has 1 aromatic heterocycles. The van der Waals surface area contributed by atoms with Crippen LogP contribution in [0.1, 0.15) is 61.4 Å². The maximum Gasteiger partial charge on any atom is 0.325 e. The summed E-state index contributed by atoms with van der Waals surface area (Å²) in [6.45, 7) is 16.9. The van der Waals surface area contributed by atoms with Crippen LogP contribution in [0.2, 0.25) is 0 Å². The molecule has 0 radical (unpaired) electrons. The van der Waals surface area contributed by atoms with Crippen LogP contribution in [0.5, 0.6) is 23.0 Å². The number of urea groups is 1. The van der Waals surface area contributed by atoms with Crippen LogP contribution in [-0.2, 0) is 41.4 Å². The zero-order valence-electron chi connectivity index (χ0n) is 50.8. The fourth-order valence-electron chi connectivity index (χ4n) is 9.60. The van der Waals surface area contributed by atoms with Gasteiger partial charge in [-0.15, -0.1) is 11.3 Å². The number of nitrogens with two attached hydrogens (primary N) is 1. The first-order valence-electron chi connectivity index (χ1n) is 29.6. The number of allylic oxidation sites excluding steroid dienone is 2. The molecule has 2 aliphatic heterocycles. The van der Waals surface area contributed by atoms with Crippen LogP contribution in [0.3, 0.4) is 0 Å². The average Bonchev–Trinajstić information content (AvgIpc) is 1.63. The van der Waals surface area contributed by atoms with Crippen LogP contribution in [-0.4, -0.2) is 200 Å². The van der Waals surface area contributed by atoms with Crippen molar-refractivity contribution in [2.24, 2.45) is 15.9 Å². The van der Waals surface area contributed by atoms with Gasteiger partial charge in [-0.2, -0.15) is 5.10 Å². The maximum atomic E-state index is 14.3. The van der Waals surface area contributed by atoms with Crippen LogP contribution in [0.15, 0.2) is 113 Å². The van der Waals surface area contributed by atoms with Gasteiger partial charge in [-0.1, -0.05) is 43.5 Å². The second-order valence-electron chi connectivity index (χ2n) is 21.1. The molecule has 1 unspecified atom stereocenters. The van der Waals surface area contributed by atoms with Gasteiger partial charge >= 0.3 is 6.03 Å². The Morgan fingerprint density at radius 1 is 0.828 bits per heavy atom. The predicted molar refractivity (Wildman–Crippen MR) is 340 cm³/mol. The van der Waals surface area contributed by atoms with E-state index in [-0.39, 0.29) is 36.6 Å². The van der Waals surface area contributed by atoms with Crippen molar-refractivity contribution in [1.29, 1.82) is 0 Å². The number of carbonyl (C=O) groups is 4. The molecule has 1 aliphatic carbocycles. The SMILES string of the molecule is C=C/C=C(\C=C)CNN1C(=O)C(N(C(=O)CCc2ccc(OCCCCN(C)CCOCCOCC/C(C=NCCOCCOc3ccc(NC(=O)Nc4nc(CC(=O)N5CCN(C)CC5)cs4)cc3)=N/N)cc2)C2CC2)c2cc(OC)c(OC)cc21. The zero-order valence-corrected chi connectivity index (χ0v) is 51.6. The number of rotatable bonds is 39. The smallest absolute Gasteiger partial charge is 0.325 e. The van der Waals surface area contributed by atoms with Crippen LogP contribution in [0, 0.1) is 0 Å². The number of hydrazine groups is 1. The molecule has 3 aromatic carbocycles. The number of aryl methyl sites for hydroxylation is 1. The lowest BCUT2D eigenvalue weighted by Crippen LogP contribution is -2.47. The normalized spacial score (nSPS) is 15.4. The number of carbonyl (C=O) groups excluding carboxylic acids is 4. The van der Waals surface area contributed by atoms with Crippen molar-refractivity contribution < 1.29 is 52.3 Å². The van der Waals surface area contributed by atoms with Gasteiger partial charge in [0.25, 0.3) is 5.91 Å². The molecule has 87 heavy (non-hydrogen) atoms. The van der Waals surface area contributed by atoms with Crippen LogP contribution >= 0.6 is 11.3 Å². The van der Waals surface area contributed by atoms with Crippen molar-refractivity contribution in [2.45, 2.75) is 63.5 Å². The van der Waals surface area contributed by atoms with E-state index in [9.17, 15) is 19.2 Å². The molecule has 5 N–H and O–H groups in total. The Kier molecular flexibility index (Phi) is 27.5. The zero-order chi connectivity index (χ0) is 61.8. The molecule has 4 aromatic rings. The first-order chi connectivity index (χ1) is 42.4. The van der Waals surface area contributed by atoms with Crippen molar-refractivity contribution >= 4 is 63.5 Å². The summed E-state index contributed by atoms with van der Waals surface area (Å²) in [5, 5.41) is 13.1. The summed E-state index contributed by atoms with van der Waals surface area (Å²) >= 11 is 1.28. The quantitative estimate of drug-likeness (QED) is 0.0116. The van der Waals surface area contributed by atoms with Crippen molar-refractivity contribution in [1.82, 2.24) is 30.0 Å². The molecule has 2 fully saturated rings. The lowest BCUT2D eigenvalue weighted by molar-refractivity contribution is -0.140. The van der Waals surface area contributed by atoms with Crippen LogP contribution < -0.4 is 45.9 Å². The number of unbranched alkanes of at least 4 members (excludes halogenated alkanes) is 1. The van der Waals surface area contributed by atoms with E-state index < -0.39 is 12.1 Å². The number of ether oxygens (including phenoxy) is 7. The summed E-state index contributed by atoms with van der Waals surface area (Å²) in [7, 11) is 7.23. The third-order valence-electron chi connectivity index (χ3n) is 14.7. The fourth-order valence-corrected chi connectivity index (χ4v) is 10.3. The Labute approximate surface area is 515 Å². The van der Waals surface area contributed by atoms with E-state index >= 15 is 0 Å². The molecule has 1 atom stereocenters. The number of anilines is 3. The Bertz CT molecular complexity index is 2950. The van der Waals surface area contributed by atoms with Crippen molar-refractivity contribution in [3.8, 4) is 23.0 Å².